The van der Waals surface area contributed by atoms with Gasteiger partial charge in [0.15, 0.2) is 5.91 Å². The molecule has 0 aliphatic rings. The Balaban J connectivity index is 1.85. The van der Waals surface area contributed by atoms with Crippen LogP contribution in [0.1, 0.15) is 41.4 Å². The van der Waals surface area contributed by atoms with E-state index >= 15 is 4.39 Å². The monoisotopic (exact) mass is 635 g/mol. The number of carbonyl (C=O) groups excluding carboxylic acids is 2. The molecule has 1 N–H and O–H groups in total. The fraction of sp³-hybridized carbons (Fsp3) is 0.333. The lowest BCUT2D eigenvalue weighted by Gasteiger charge is -2.25. The molecule has 1 aromatic heterocycles. The summed E-state index contributed by atoms with van der Waals surface area (Å²) in [5.41, 5.74) is -0.218. The molecule has 3 atom stereocenters. The number of fused-ring (bicyclic) bond motifs is 1. The zero-order chi connectivity index (χ0) is 30.6. The summed E-state index contributed by atoms with van der Waals surface area (Å²) in [4.78, 5) is 24.1. The number of ether oxygens (including phenoxy) is 2. The minimum atomic E-state index is -4.81. The summed E-state index contributed by atoms with van der Waals surface area (Å²) in [5, 5.41) is 2.51. The van der Waals surface area contributed by atoms with E-state index in [0.29, 0.717) is 17.8 Å². The third-order valence-corrected chi connectivity index (χ3v) is 7.93. The van der Waals surface area contributed by atoms with Crippen LogP contribution in [0.4, 0.5) is 39.5 Å². The van der Waals surface area contributed by atoms with Crippen LogP contribution in [0.3, 0.4) is 0 Å². The molecule has 3 rings (SSSR count). The van der Waals surface area contributed by atoms with Crippen molar-refractivity contribution < 1.29 is 63.1 Å². The van der Waals surface area contributed by atoms with E-state index in [9.17, 15) is 44.7 Å². The largest absolute Gasteiger partial charge is 0.465 e. The van der Waals surface area contributed by atoms with Gasteiger partial charge >= 0.3 is 18.1 Å². The van der Waals surface area contributed by atoms with Gasteiger partial charge in [0.1, 0.15) is 25.8 Å². The Hall–Kier alpha value is -2.94. The molecule has 41 heavy (non-hydrogen) atoms. The quantitative estimate of drug-likeness (QED) is 0.0584. The first-order valence-electron chi connectivity index (χ1n) is 11.5. The van der Waals surface area contributed by atoms with Crippen molar-refractivity contribution in [3.63, 3.8) is 0 Å². The summed E-state index contributed by atoms with van der Waals surface area (Å²) >= 11 is 0.657. The summed E-state index contributed by atoms with van der Waals surface area (Å²) in [5.74, 6) is -18.2. The lowest BCUT2D eigenvalue weighted by molar-refractivity contribution is -0.152. The Morgan fingerprint density at radius 2 is 1.61 bits per heavy atom. The Morgan fingerprint density at radius 3 is 2.20 bits per heavy atom. The fourth-order valence-electron chi connectivity index (χ4n) is 3.15. The molecule has 0 saturated carbocycles. The van der Waals surface area contributed by atoms with Gasteiger partial charge in [-0.25, -0.2) is 22.4 Å². The highest BCUT2D eigenvalue weighted by Crippen LogP contribution is 2.51. The normalized spacial score (nSPS) is 14.1. The summed E-state index contributed by atoms with van der Waals surface area (Å²) < 4.78 is 136. The van der Waals surface area contributed by atoms with Gasteiger partial charge in [-0.05, 0) is 42.5 Å². The Kier molecular flexibility index (Phi) is 10.6. The SMILES string of the molecule is CCCOC(=O)C(C)NP(OCC(F)(F)F)C(F)c1ccc2sc(C(=O)Oc3c(F)c(F)c(F)c(F)c3F)cc2c1. The van der Waals surface area contributed by atoms with Gasteiger partial charge in [-0.15, -0.1) is 11.3 Å². The summed E-state index contributed by atoms with van der Waals surface area (Å²) in [6.07, 6.45) is -4.34. The highest BCUT2D eigenvalue weighted by atomic mass is 32.1. The minimum Gasteiger partial charge on any atom is -0.465 e. The molecular formula is C24H19F9NO5PS. The van der Waals surface area contributed by atoms with E-state index in [2.05, 4.69) is 9.82 Å². The van der Waals surface area contributed by atoms with E-state index in [1.165, 1.54) is 13.0 Å². The van der Waals surface area contributed by atoms with Crippen LogP contribution in [-0.4, -0.2) is 37.4 Å². The first-order chi connectivity index (χ1) is 19.1. The van der Waals surface area contributed by atoms with Gasteiger partial charge in [0, 0.05) is 4.70 Å². The Bertz CT molecular complexity index is 1410. The lowest BCUT2D eigenvalue weighted by atomic mass is 10.2. The van der Waals surface area contributed by atoms with E-state index in [1.807, 2.05) is 0 Å². The Morgan fingerprint density at radius 1 is 1.00 bits per heavy atom. The van der Waals surface area contributed by atoms with E-state index < -0.39 is 79.8 Å². The number of alkyl halides is 4. The second kappa shape index (κ2) is 13.4. The zero-order valence-electron chi connectivity index (χ0n) is 20.9. The molecule has 0 bridgehead atoms. The van der Waals surface area contributed by atoms with E-state index in [4.69, 9.17) is 9.26 Å². The second-order valence-electron chi connectivity index (χ2n) is 8.26. The van der Waals surface area contributed by atoms with Gasteiger partial charge in [-0.1, -0.05) is 13.0 Å². The lowest BCUT2D eigenvalue weighted by Crippen LogP contribution is -2.34. The average Bonchev–Trinajstić information content (AvgIpc) is 3.36. The van der Waals surface area contributed by atoms with Crippen molar-refractivity contribution in [1.29, 1.82) is 0 Å². The number of carbonyl (C=O) groups is 2. The minimum absolute atomic E-state index is 0.0369. The smallest absolute Gasteiger partial charge is 0.412 e. The van der Waals surface area contributed by atoms with Crippen LogP contribution in [0.2, 0.25) is 0 Å². The first-order valence-corrected chi connectivity index (χ1v) is 13.6. The van der Waals surface area contributed by atoms with Gasteiger partial charge < -0.3 is 14.0 Å². The topological polar surface area (TPSA) is 73.9 Å². The third kappa shape index (κ3) is 7.87. The van der Waals surface area contributed by atoms with Crippen molar-refractivity contribution in [1.82, 2.24) is 5.09 Å². The molecule has 1 heterocycles. The predicted molar refractivity (Wildman–Crippen MR) is 130 cm³/mol. The maximum Gasteiger partial charge on any atom is 0.412 e. The summed E-state index contributed by atoms with van der Waals surface area (Å²) in [6, 6.07) is 3.40. The molecule has 0 spiro atoms. The molecule has 0 radical (unpaired) electrons. The van der Waals surface area contributed by atoms with Crippen molar-refractivity contribution in [2.24, 2.45) is 0 Å². The summed E-state index contributed by atoms with van der Waals surface area (Å²) in [6.45, 7) is 1.18. The number of thiophene rings is 1. The number of rotatable bonds is 11. The van der Waals surface area contributed by atoms with Crippen molar-refractivity contribution in [2.75, 3.05) is 13.2 Å². The molecule has 0 aliphatic carbocycles. The van der Waals surface area contributed by atoms with Crippen LogP contribution in [0.15, 0.2) is 24.3 Å². The van der Waals surface area contributed by atoms with Crippen LogP contribution >= 0.6 is 19.6 Å². The van der Waals surface area contributed by atoms with Crippen LogP contribution in [0.5, 0.6) is 5.75 Å². The number of benzene rings is 2. The van der Waals surface area contributed by atoms with Crippen LogP contribution in [-0.2, 0) is 14.1 Å². The molecule has 0 fully saturated rings. The zero-order valence-corrected chi connectivity index (χ0v) is 22.6. The summed E-state index contributed by atoms with van der Waals surface area (Å²) in [7, 11) is -2.77. The maximum absolute atomic E-state index is 15.5. The van der Waals surface area contributed by atoms with Crippen molar-refractivity contribution >= 4 is 41.7 Å². The number of esters is 2. The number of hydrogen-bond donors (Lipinski definition) is 1. The third-order valence-electron chi connectivity index (χ3n) is 5.08. The van der Waals surface area contributed by atoms with E-state index in [0.717, 1.165) is 18.2 Å². The van der Waals surface area contributed by atoms with Gasteiger partial charge in [-0.2, -0.15) is 22.0 Å². The number of hydrogen-bond acceptors (Lipinski definition) is 7. The van der Waals surface area contributed by atoms with Crippen LogP contribution in [0.25, 0.3) is 10.1 Å². The van der Waals surface area contributed by atoms with Gasteiger partial charge in [0.25, 0.3) is 0 Å². The number of halogens is 9. The maximum atomic E-state index is 15.5. The second-order valence-corrected chi connectivity index (χ2v) is 11.0. The first kappa shape index (κ1) is 32.6. The average molecular weight is 635 g/mol. The molecule has 17 heteroatoms. The molecule has 6 nitrogen and oxygen atoms in total. The molecular weight excluding hydrogens is 616 g/mol. The predicted octanol–water partition coefficient (Wildman–Crippen LogP) is 7.61. The highest BCUT2D eigenvalue weighted by molar-refractivity contribution is 7.50. The van der Waals surface area contributed by atoms with Gasteiger partial charge in [0.2, 0.25) is 34.8 Å². The van der Waals surface area contributed by atoms with Crippen LogP contribution < -0.4 is 9.82 Å². The highest BCUT2D eigenvalue weighted by Gasteiger charge is 2.35. The standard InChI is InChI=1S/C24H19F9NO5PS/c1-3-6-37-22(35)10(2)34-40(38-9-24(31,32)33)21(30)11-4-5-13-12(7-11)8-14(41-13)23(36)39-20-18(28)16(26)15(25)17(27)19(20)29/h4-5,7-8,10,21,34H,3,6,9H2,1-2H3. The van der Waals surface area contributed by atoms with Gasteiger partial charge in [0.05, 0.1) is 6.61 Å². The molecule has 0 aliphatic heterocycles. The fourth-order valence-corrected chi connectivity index (χ4v) is 5.61. The van der Waals surface area contributed by atoms with Gasteiger partial charge in [-0.3, -0.25) is 9.88 Å². The van der Waals surface area contributed by atoms with E-state index in [-0.39, 0.29) is 27.1 Å². The Labute approximate surface area is 231 Å². The van der Waals surface area contributed by atoms with Crippen molar-refractivity contribution in [2.45, 2.75) is 38.4 Å². The van der Waals surface area contributed by atoms with Crippen molar-refractivity contribution in [3.05, 3.63) is 63.8 Å². The van der Waals surface area contributed by atoms with Crippen molar-refractivity contribution in [3.8, 4) is 5.75 Å². The van der Waals surface area contributed by atoms with E-state index in [1.54, 1.807) is 6.92 Å². The molecule has 224 valence electrons. The molecule has 3 unspecified atom stereocenters. The molecule has 3 aromatic rings. The molecule has 0 amide bonds. The molecule has 0 saturated heterocycles. The van der Waals surface area contributed by atoms with Crippen LogP contribution in [0, 0.1) is 29.1 Å². The number of nitrogens with one attached hydrogen (secondary N) is 1. The molecule has 2 aromatic carbocycles.